The summed E-state index contributed by atoms with van der Waals surface area (Å²) >= 11 is 0. The lowest BCUT2D eigenvalue weighted by atomic mass is 10.1. The lowest BCUT2D eigenvalue weighted by Crippen LogP contribution is -2.23. The quantitative estimate of drug-likeness (QED) is 0.735. The molecule has 2 aromatic carbocycles. The number of anilines is 2. The number of nitrogens with zero attached hydrogens (tertiary/aromatic N) is 2. The first kappa shape index (κ1) is 14.6. The molecule has 2 heterocycles. The fraction of sp³-hybridized carbons (Fsp3) is 0.429. The molecule has 0 saturated heterocycles. The minimum atomic E-state index is 1.21. The van der Waals surface area contributed by atoms with Crippen molar-refractivity contribution >= 4 is 11.4 Å². The van der Waals surface area contributed by atoms with Crippen molar-refractivity contribution in [2.75, 3.05) is 36.0 Å². The molecule has 2 aliphatic heterocycles. The summed E-state index contributed by atoms with van der Waals surface area (Å²) in [5, 5.41) is 0. The maximum Gasteiger partial charge on any atom is 0.0399 e. The topological polar surface area (TPSA) is 6.48 Å². The fourth-order valence-electron chi connectivity index (χ4n) is 4.06. The van der Waals surface area contributed by atoms with Gasteiger partial charge in [-0.15, -0.1) is 0 Å². The Morgan fingerprint density at radius 3 is 1.61 bits per heavy atom. The number of benzene rings is 2. The Bertz CT molecular complexity index is 607. The van der Waals surface area contributed by atoms with Crippen molar-refractivity contribution in [2.24, 2.45) is 0 Å². The van der Waals surface area contributed by atoms with E-state index in [4.69, 9.17) is 0 Å². The van der Waals surface area contributed by atoms with Gasteiger partial charge < -0.3 is 9.80 Å². The van der Waals surface area contributed by atoms with Gasteiger partial charge >= 0.3 is 0 Å². The molecule has 0 N–H and O–H groups in total. The van der Waals surface area contributed by atoms with Gasteiger partial charge in [0.2, 0.25) is 0 Å². The monoisotopic (exact) mass is 306 g/mol. The van der Waals surface area contributed by atoms with Crippen LogP contribution in [-0.2, 0) is 12.8 Å². The summed E-state index contributed by atoms with van der Waals surface area (Å²) in [5.74, 6) is 0. The molecule has 120 valence electrons. The fourth-order valence-corrected chi connectivity index (χ4v) is 4.06. The molecular formula is C21H26N2. The van der Waals surface area contributed by atoms with E-state index in [0.717, 1.165) is 0 Å². The molecule has 0 radical (unpaired) electrons. The maximum atomic E-state index is 2.57. The Morgan fingerprint density at radius 2 is 1.09 bits per heavy atom. The van der Waals surface area contributed by atoms with Gasteiger partial charge in [0.25, 0.3) is 0 Å². The van der Waals surface area contributed by atoms with Gasteiger partial charge in [0.05, 0.1) is 0 Å². The Hall–Kier alpha value is -1.96. The Balaban J connectivity index is 1.21. The third kappa shape index (κ3) is 3.08. The van der Waals surface area contributed by atoms with Crippen LogP contribution < -0.4 is 9.80 Å². The van der Waals surface area contributed by atoms with Gasteiger partial charge in [0, 0.05) is 37.6 Å². The Morgan fingerprint density at radius 1 is 0.609 bits per heavy atom. The van der Waals surface area contributed by atoms with E-state index in [-0.39, 0.29) is 0 Å². The van der Waals surface area contributed by atoms with Crippen LogP contribution in [0.25, 0.3) is 0 Å². The van der Waals surface area contributed by atoms with Crippen LogP contribution in [0, 0.1) is 0 Å². The molecule has 4 rings (SSSR count). The molecule has 2 heteroatoms. The smallest absolute Gasteiger partial charge is 0.0399 e. The van der Waals surface area contributed by atoms with Crippen LogP contribution in [0.2, 0.25) is 0 Å². The SMILES string of the molecule is c1ccc2c(c1)CCN2CCCCCN1CCc2ccccc21. The molecule has 23 heavy (non-hydrogen) atoms. The molecule has 0 amide bonds. The number of hydrogen-bond acceptors (Lipinski definition) is 2. The van der Waals surface area contributed by atoms with Gasteiger partial charge in [0.15, 0.2) is 0 Å². The van der Waals surface area contributed by atoms with Gasteiger partial charge in [-0.05, 0) is 55.4 Å². The highest BCUT2D eigenvalue weighted by Gasteiger charge is 2.18. The average molecular weight is 306 g/mol. The van der Waals surface area contributed by atoms with E-state index in [1.807, 2.05) is 0 Å². The number of fused-ring (bicyclic) bond motifs is 2. The Kier molecular flexibility index (Phi) is 4.23. The van der Waals surface area contributed by atoms with E-state index in [9.17, 15) is 0 Å². The van der Waals surface area contributed by atoms with Gasteiger partial charge in [-0.3, -0.25) is 0 Å². The minimum Gasteiger partial charge on any atom is -0.371 e. The highest BCUT2D eigenvalue weighted by Crippen LogP contribution is 2.29. The van der Waals surface area contributed by atoms with Crippen LogP contribution in [-0.4, -0.2) is 26.2 Å². The normalized spacial score (nSPS) is 15.8. The van der Waals surface area contributed by atoms with Crippen molar-refractivity contribution in [1.29, 1.82) is 0 Å². The summed E-state index contributed by atoms with van der Waals surface area (Å²) in [6.07, 6.45) is 6.40. The molecule has 2 nitrogen and oxygen atoms in total. The zero-order valence-corrected chi connectivity index (χ0v) is 13.9. The first-order chi connectivity index (χ1) is 11.4. The van der Waals surface area contributed by atoms with E-state index in [1.54, 1.807) is 0 Å². The van der Waals surface area contributed by atoms with Crippen molar-refractivity contribution in [2.45, 2.75) is 32.1 Å². The highest BCUT2D eigenvalue weighted by atomic mass is 15.1. The standard InChI is InChI=1S/C21H26N2/c1(6-14-22-16-12-18-8-2-4-10-20(18)22)7-15-23-17-13-19-9-3-5-11-21(19)23/h2-5,8-11H,1,6-7,12-17H2. The summed E-state index contributed by atoms with van der Waals surface area (Å²) in [7, 11) is 0. The molecule has 0 aliphatic carbocycles. The average Bonchev–Trinajstić information content (AvgIpc) is 3.19. The van der Waals surface area contributed by atoms with E-state index >= 15 is 0 Å². The summed E-state index contributed by atoms with van der Waals surface area (Å²) in [5.41, 5.74) is 6.00. The molecule has 2 aromatic rings. The van der Waals surface area contributed by atoms with E-state index in [0.29, 0.717) is 0 Å². The van der Waals surface area contributed by atoms with Crippen molar-refractivity contribution in [3.8, 4) is 0 Å². The summed E-state index contributed by atoms with van der Waals surface area (Å²) in [4.78, 5) is 5.14. The van der Waals surface area contributed by atoms with Gasteiger partial charge in [0.1, 0.15) is 0 Å². The van der Waals surface area contributed by atoms with E-state index in [1.165, 1.54) is 80.8 Å². The molecule has 0 bridgehead atoms. The number of unbranched alkanes of at least 4 members (excludes halogenated alkanes) is 2. The second-order valence-corrected chi connectivity index (χ2v) is 6.79. The van der Waals surface area contributed by atoms with Gasteiger partial charge in [-0.25, -0.2) is 0 Å². The van der Waals surface area contributed by atoms with Crippen molar-refractivity contribution in [3.05, 3.63) is 59.7 Å². The first-order valence-electron chi connectivity index (χ1n) is 9.07. The zero-order chi connectivity index (χ0) is 15.5. The Labute approximate surface area is 139 Å². The van der Waals surface area contributed by atoms with Crippen molar-refractivity contribution in [3.63, 3.8) is 0 Å². The van der Waals surface area contributed by atoms with Crippen LogP contribution in [0.5, 0.6) is 0 Å². The second-order valence-electron chi connectivity index (χ2n) is 6.79. The second kappa shape index (κ2) is 6.66. The van der Waals surface area contributed by atoms with Crippen LogP contribution >= 0.6 is 0 Å². The minimum absolute atomic E-state index is 1.21. The van der Waals surface area contributed by atoms with E-state index < -0.39 is 0 Å². The highest BCUT2D eigenvalue weighted by molar-refractivity contribution is 5.58. The van der Waals surface area contributed by atoms with E-state index in [2.05, 4.69) is 58.3 Å². The molecular weight excluding hydrogens is 280 g/mol. The summed E-state index contributed by atoms with van der Waals surface area (Å²) in [6, 6.07) is 17.8. The maximum absolute atomic E-state index is 2.57. The number of rotatable bonds is 6. The first-order valence-corrected chi connectivity index (χ1v) is 9.07. The molecule has 0 fully saturated rings. The largest absolute Gasteiger partial charge is 0.371 e. The number of para-hydroxylation sites is 2. The van der Waals surface area contributed by atoms with Crippen LogP contribution in [0.1, 0.15) is 30.4 Å². The summed E-state index contributed by atoms with van der Waals surface area (Å²) < 4.78 is 0. The van der Waals surface area contributed by atoms with Gasteiger partial charge in [-0.1, -0.05) is 36.4 Å². The molecule has 0 atom stereocenters. The third-order valence-corrected chi connectivity index (χ3v) is 5.32. The summed E-state index contributed by atoms with van der Waals surface area (Å²) in [6.45, 7) is 4.85. The van der Waals surface area contributed by atoms with Gasteiger partial charge in [-0.2, -0.15) is 0 Å². The van der Waals surface area contributed by atoms with Crippen LogP contribution in [0.4, 0.5) is 11.4 Å². The molecule has 0 saturated carbocycles. The van der Waals surface area contributed by atoms with Crippen molar-refractivity contribution < 1.29 is 0 Å². The predicted octanol–water partition coefficient (Wildman–Crippen LogP) is 4.28. The lowest BCUT2D eigenvalue weighted by Gasteiger charge is -2.21. The predicted molar refractivity (Wildman–Crippen MR) is 98.6 cm³/mol. The number of hydrogen-bond donors (Lipinski definition) is 0. The molecule has 2 aliphatic rings. The van der Waals surface area contributed by atoms with Crippen molar-refractivity contribution in [1.82, 2.24) is 0 Å². The molecule has 0 unspecified atom stereocenters. The van der Waals surface area contributed by atoms with Crippen LogP contribution in [0.15, 0.2) is 48.5 Å². The third-order valence-electron chi connectivity index (χ3n) is 5.32. The molecule has 0 aromatic heterocycles. The lowest BCUT2D eigenvalue weighted by molar-refractivity contribution is 0.647. The van der Waals surface area contributed by atoms with Crippen LogP contribution in [0.3, 0.4) is 0 Å². The molecule has 0 spiro atoms. The zero-order valence-electron chi connectivity index (χ0n) is 13.9.